The quantitative estimate of drug-likeness (QED) is 0.730. The summed E-state index contributed by atoms with van der Waals surface area (Å²) >= 11 is 9.49. The molecule has 0 saturated heterocycles. The number of nitrogens with two attached hydrogens (primary N) is 1. The van der Waals surface area contributed by atoms with Crippen molar-refractivity contribution in [3.05, 3.63) is 52.2 Å². The minimum Gasteiger partial charge on any atom is -0.382 e. The smallest absolute Gasteiger partial charge is 0.153 e. The summed E-state index contributed by atoms with van der Waals surface area (Å²) in [5, 5.41) is 7.76. The standard InChI is InChI=1S/C14H10BrClN4/c15-11-7-9(16)1-2-10(11)13-12(14(17)20-19-13)8-3-5-18-6-4-8/h1-7H,(H3,17,19,20). The molecule has 0 saturated carbocycles. The molecule has 0 atom stereocenters. The van der Waals surface area contributed by atoms with Crippen LogP contribution < -0.4 is 5.73 Å². The number of pyridine rings is 1. The van der Waals surface area contributed by atoms with Gasteiger partial charge in [-0.2, -0.15) is 5.10 Å². The molecule has 20 heavy (non-hydrogen) atoms. The summed E-state index contributed by atoms with van der Waals surface area (Å²) < 4.78 is 0.879. The van der Waals surface area contributed by atoms with Crippen LogP contribution in [0.3, 0.4) is 0 Å². The fourth-order valence-electron chi connectivity index (χ4n) is 2.05. The third-order valence-electron chi connectivity index (χ3n) is 2.96. The number of nitrogen functional groups attached to an aromatic ring is 1. The van der Waals surface area contributed by atoms with Gasteiger partial charge in [-0.15, -0.1) is 0 Å². The van der Waals surface area contributed by atoms with Gasteiger partial charge in [0.15, 0.2) is 5.82 Å². The summed E-state index contributed by atoms with van der Waals surface area (Å²) in [5.74, 6) is 0.452. The van der Waals surface area contributed by atoms with Crippen LogP contribution in [0, 0.1) is 0 Å². The molecule has 0 amide bonds. The highest BCUT2D eigenvalue weighted by Crippen LogP contribution is 2.38. The predicted molar refractivity (Wildman–Crippen MR) is 84.4 cm³/mol. The number of nitrogens with zero attached hydrogens (tertiary/aromatic N) is 2. The van der Waals surface area contributed by atoms with Crippen molar-refractivity contribution in [3.63, 3.8) is 0 Å². The van der Waals surface area contributed by atoms with Crippen molar-refractivity contribution in [1.29, 1.82) is 0 Å². The SMILES string of the molecule is Nc1n[nH]c(-c2ccc(Cl)cc2Br)c1-c1ccncc1. The molecule has 1 aromatic carbocycles. The fraction of sp³-hybridized carbons (Fsp3) is 0. The Labute approximate surface area is 129 Å². The van der Waals surface area contributed by atoms with Gasteiger partial charge in [0.05, 0.1) is 11.3 Å². The number of hydrogen-bond acceptors (Lipinski definition) is 3. The van der Waals surface area contributed by atoms with E-state index in [1.807, 2.05) is 30.3 Å². The largest absolute Gasteiger partial charge is 0.382 e. The zero-order valence-electron chi connectivity index (χ0n) is 10.3. The van der Waals surface area contributed by atoms with Crippen LogP contribution >= 0.6 is 27.5 Å². The molecule has 3 rings (SSSR count). The van der Waals surface area contributed by atoms with Gasteiger partial charge in [-0.25, -0.2) is 0 Å². The Morgan fingerprint density at radius 2 is 1.90 bits per heavy atom. The lowest BCUT2D eigenvalue weighted by Crippen LogP contribution is -1.89. The van der Waals surface area contributed by atoms with Gasteiger partial charge in [-0.05, 0) is 29.8 Å². The summed E-state index contributed by atoms with van der Waals surface area (Å²) in [4.78, 5) is 4.02. The van der Waals surface area contributed by atoms with Gasteiger partial charge >= 0.3 is 0 Å². The summed E-state index contributed by atoms with van der Waals surface area (Å²) in [5.41, 5.74) is 9.60. The maximum Gasteiger partial charge on any atom is 0.153 e. The van der Waals surface area contributed by atoms with E-state index in [-0.39, 0.29) is 0 Å². The van der Waals surface area contributed by atoms with Gasteiger partial charge in [0, 0.05) is 27.5 Å². The maximum absolute atomic E-state index is 5.99. The molecule has 0 aliphatic heterocycles. The summed E-state index contributed by atoms with van der Waals surface area (Å²) in [7, 11) is 0. The lowest BCUT2D eigenvalue weighted by Gasteiger charge is -2.07. The normalized spacial score (nSPS) is 10.7. The van der Waals surface area contributed by atoms with E-state index < -0.39 is 0 Å². The van der Waals surface area contributed by atoms with Crippen LogP contribution in [-0.4, -0.2) is 15.2 Å². The highest BCUT2D eigenvalue weighted by atomic mass is 79.9. The molecule has 6 heteroatoms. The highest BCUT2D eigenvalue weighted by Gasteiger charge is 2.16. The van der Waals surface area contributed by atoms with Crippen molar-refractivity contribution < 1.29 is 0 Å². The summed E-state index contributed by atoms with van der Waals surface area (Å²) in [6.45, 7) is 0. The first kappa shape index (κ1) is 13.1. The van der Waals surface area contributed by atoms with Crippen molar-refractivity contribution in [2.75, 3.05) is 5.73 Å². The van der Waals surface area contributed by atoms with Gasteiger partial charge in [0.1, 0.15) is 0 Å². The number of nitrogens with one attached hydrogen (secondary N) is 1. The number of benzene rings is 1. The first-order valence-corrected chi connectivity index (χ1v) is 7.03. The lowest BCUT2D eigenvalue weighted by molar-refractivity contribution is 1.10. The molecule has 2 heterocycles. The van der Waals surface area contributed by atoms with E-state index in [1.54, 1.807) is 12.4 Å². The molecule has 100 valence electrons. The van der Waals surface area contributed by atoms with E-state index in [2.05, 4.69) is 31.1 Å². The first-order chi connectivity index (χ1) is 9.66. The Bertz CT molecular complexity index is 755. The van der Waals surface area contributed by atoms with E-state index in [0.29, 0.717) is 10.8 Å². The number of anilines is 1. The third kappa shape index (κ3) is 2.30. The van der Waals surface area contributed by atoms with E-state index in [9.17, 15) is 0 Å². The minimum atomic E-state index is 0.452. The summed E-state index contributed by atoms with van der Waals surface area (Å²) in [6, 6.07) is 9.38. The van der Waals surface area contributed by atoms with Crippen LogP contribution in [0.15, 0.2) is 47.2 Å². The second-order valence-electron chi connectivity index (χ2n) is 4.22. The molecular formula is C14H10BrClN4. The molecule has 0 fully saturated rings. The van der Waals surface area contributed by atoms with E-state index in [0.717, 1.165) is 26.9 Å². The molecule has 0 aliphatic rings. The molecule has 0 bridgehead atoms. The van der Waals surface area contributed by atoms with Crippen LogP contribution in [-0.2, 0) is 0 Å². The highest BCUT2D eigenvalue weighted by molar-refractivity contribution is 9.10. The van der Waals surface area contributed by atoms with Gasteiger partial charge in [0.2, 0.25) is 0 Å². The lowest BCUT2D eigenvalue weighted by atomic mass is 10.0. The van der Waals surface area contributed by atoms with Gasteiger partial charge < -0.3 is 5.73 Å². The van der Waals surface area contributed by atoms with Crippen molar-refractivity contribution in [2.24, 2.45) is 0 Å². The molecule has 0 unspecified atom stereocenters. The van der Waals surface area contributed by atoms with Crippen molar-refractivity contribution in [1.82, 2.24) is 15.2 Å². The van der Waals surface area contributed by atoms with Crippen molar-refractivity contribution >= 4 is 33.3 Å². The topological polar surface area (TPSA) is 67.6 Å². The molecule has 0 spiro atoms. The molecule has 0 aliphatic carbocycles. The molecule has 2 aromatic heterocycles. The molecule has 0 radical (unpaired) electrons. The Hall–Kier alpha value is -1.85. The zero-order chi connectivity index (χ0) is 14.1. The van der Waals surface area contributed by atoms with Crippen LogP contribution in [0.1, 0.15) is 0 Å². The van der Waals surface area contributed by atoms with Crippen LogP contribution in [0.4, 0.5) is 5.82 Å². The maximum atomic E-state index is 5.99. The first-order valence-electron chi connectivity index (χ1n) is 5.86. The zero-order valence-corrected chi connectivity index (χ0v) is 12.6. The molecule has 3 N–H and O–H groups in total. The minimum absolute atomic E-state index is 0.452. The van der Waals surface area contributed by atoms with E-state index in [4.69, 9.17) is 17.3 Å². The number of hydrogen-bond donors (Lipinski definition) is 2. The van der Waals surface area contributed by atoms with Gasteiger partial charge in [-0.1, -0.05) is 33.6 Å². The van der Waals surface area contributed by atoms with Crippen LogP contribution in [0.5, 0.6) is 0 Å². The molecular weight excluding hydrogens is 340 g/mol. The van der Waals surface area contributed by atoms with Gasteiger partial charge in [0.25, 0.3) is 0 Å². The van der Waals surface area contributed by atoms with Crippen molar-refractivity contribution in [3.8, 4) is 22.4 Å². The second-order valence-corrected chi connectivity index (χ2v) is 5.51. The van der Waals surface area contributed by atoms with E-state index in [1.165, 1.54) is 0 Å². The predicted octanol–water partition coefficient (Wildman–Crippen LogP) is 4.14. The van der Waals surface area contributed by atoms with Gasteiger partial charge in [-0.3, -0.25) is 10.1 Å². The number of rotatable bonds is 2. The monoisotopic (exact) mass is 348 g/mol. The average Bonchev–Trinajstić information content (AvgIpc) is 2.81. The summed E-state index contributed by atoms with van der Waals surface area (Å²) in [6.07, 6.45) is 3.45. The number of halogens is 2. The van der Waals surface area contributed by atoms with Crippen LogP contribution in [0.25, 0.3) is 22.4 Å². The Kier molecular flexibility index (Phi) is 3.46. The van der Waals surface area contributed by atoms with E-state index >= 15 is 0 Å². The van der Waals surface area contributed by atoms with Crippen LogP contribution in [0.2, 0.25) is 5.02 Å². The third-order valence-corrected chi connectivity index (χ3v) is 3.85. The fourth-order valence-corrected chi connectivity index (χ4v) is 2.93. The number of aromatic nitrogens is 3. The molecule has 4 nitrogen and oxygen atoms in total. The van der Waals surface area contributed by atoms with Crippen molar-refractivity contribution in [2.45, 2.75) is 0 Å². The average molecular weight is 350 g/mol. The Morgan fingerprint density at radius 1 is 1.15 bits per heavy atom. The molecule has 3 aromatic rings. The Morgan fingerprint density at radius 3 is 2.60 bits per heavy atom. The number of aromatic amines is 1. The number of H-pyrrole nitrogens is 1. The Balaban J connectivity index is 2.21. The second kappa shape index (κ2) is 5.26.